The molecule has 1 atom stereocenters. The summed E-state index contributed by atoms with van der Waals surface area (Å²) in [4.78, 5) is 1.30. The molecule has 0 spiro atoms. The molecule has 0 aliphatic heterocycles. The van der Waals surface area contributed by atoms with E-state index in [-0.39, 0.29) is 12.6 Å². The molecule has 3 N–H and O–H groups in total. The lowest BCUT2D eigenvalue weighted by atomic mass is 10.1. The van der Waals surface area contributed by atoms with Crippen molar-refractivity contribution in [3.63, 3.8) is 0 Å². The maximum atomic E-state index is 8.68. The van der Waals surface area contributed by atoms with Crippen LogP contribution in [0.15, 0.2) is 11.4 Å². The Kier molecular flexibility index (Phi) is 3.05. The van der Waals surface area contributed by atoms with Gasteiger partial charge in [-0.15, -0.1) is 11.3 Å². The van der Waals surface area contributed by atoms with Gasteiger partial charge in [-0.2, -0.15) is 0 Å². The Morgan fingerprint density at radius 2 is 2.45 bits per heavy atom. The van der Waals surface area contributed by atoms with E-state index in [9.17, 15) is 0 Å². The zero-order valence-corrected chi connectivity index (χ0v) is 7.40. The molecule has 1 heterocycles. The van der Waals surface area contributed by atoms with Crippen molar-refractivity contribution in [2.75, 3.05) is 6.61 Å². The second-order valence-corrected chi connectivity index (χ2v) is 3.83. The van der Waals surface area contributed by atoms with Crippen molar-refractivity contribution in [3.05, 3.63) is 21.9 Å². The molecule has 1 unspecified atom stereocenters. The lowest BCUT2D eigenvalue weighted by Gasteiger charge is -2.04. The molecule has 0 saturated heterocycles. The van der Waals surface area contributed by atoms with E-state index in [4.69, 9.17) is 10.8 Å². The molecule has 0 fully saturated rings. The highest BCUT2D eigenvalue weighted by Gasteiger charge is 2.02. The number of hydrogen-bond donors (Lipinski definition) is 2. The van der Waals surface area contributed by atoms with Gasteiger partial charge in [0.1, 0.15) is 0 Å². The first-order valence-corrected chi connectivity index (χ1v) is 4.51. The minimum atomic E-state index is -0.107. The van der Waals surface area contributed by atoms with E-state index in [1.165, 1.54) is 10.4 Å². The summed E-state index contributed by atoms with van der Waals surface area (Å²) >= 11 is 1.72. The molecular formula is C8H13NOS. The molecule has 0 aliphatic carbocycles. The van der Waals surface area contributed by atoms with Crippen LogP contribution in [0.5, 0.6) is 0 Å². The van der Waals surface area contributed by atoms with Crippen LogP contribution in [0.1, 0.15) is 10.4 Å². The molecule has 0 amide bonds. The van der Waals surface area contributed by atoms with Crippen molar-refractivity contribution in [1.82, 2.24) is 0 Å². The summed E-state index contributed by atoms with van der Waals surface area (Å²) in [6, 6.07) is 2.00. The Labute approximate surface area is 70.7 Å². The molecule has 0 aromatic carbocycles. The number of aryl methyl sites for hydroxylation is 1. The molecule has 11 heavy (non-hydrogen) atoms. The quantitative estimate of drug-likeness (QED) is 0.710. The first-order valence-electron chi connectivity index (χ1n) is 3.63. The Morgan fingerprint density at radius 3 is 2.91 bits per heavy atom. The summed E-state index contributed by atoms with van der Waals surface area (Å²) in [6.45, 7) is 2.13. The number of hydrogen-bond acceptors (Lipinski definition) is 3. The second kappa shape index (κ2) is 3.85. The molecule has 62 valence electrons. The minimum Gasteiger partial charge on any atom is -0.395 e. The predicted molar refractivity (Wildman–Crippen MR) is 47.8 cm³/mol. The fourth-order valence-electron chi connectivity index (χ4n) is 0.972. The highest BCUT2D eigenvalue weighted by atomic mass is 32.1. The van der Waals surface area contributed by atoms with E-state index in [2.05, 4.69) is 18.4 Å². The van der Waals surface area contributed by atoms with Crippen molar-refractivity contribution in [3.8, 4) is 0 Å². The number of aliphatic hydroxyl groups is 1. The molecule has 0 bridgehead atoms. The number of aliphatic hydroxyl groups excluding tert-OH is 1. The van der Waals surface area contributed by atoms with Gasteiger partial charge in [-0.3, -0.25) is 0 Å². The minimum absolute atomic E-state index is 0.0644. The topological polar surface area (TPSA) is 46.2 Å². The molecule has 1 rings (SSSR count). The smallest absolute Gasteiger partial charge is 0.0585 e. The van der Waals surface area contributed by atoms with Crippen LogP contribution >= 0.6 is 11.3 Å². The van der Waals surface area contributed by atoms with E-state index >= 15 is 0 Å². The Bertz CT molecular complexity index is 222. The van der Waals surface area contributed by atoms with Gasteiger partial charge in [0.2, 0.25) is 0 Å². The summed E-state index contributed by atoms with van der Waals surface area (Å²) in [5, 5.41) is 10.8. The van der Waals surface area contributed by atoms with Crippen LogP contribution in [0.25, 0.3) is 0 Å². The van der Waals surface area contributed by atoms with Gasteiger partial charge in [0.15, 0.2) is 0 Å². The third kappa shape index (κ3) is 2.61. The van der Waals surface area contributed by atoms with E-state index in [0.29, 0.717) is 0 Å². The van der Waals surface area contributed by atoms with Gasteiger partial charge in [-0.1, -0.05) is 0 Å². The third-order valence-corrected chi connectivity index (χ3v) is 2.43. The first kappa shape index (κ1) is 8.71. The van der Waals surface area contributed by atoms with E-state index in [0.717, 1.165) is 6.42 Å². The Balaban J connectivity index is 2.50. The number of nitrogens with two attached hydrogens (primary N) is 1. The Hall–Kier alpha value is -0.380. The summed E-state index contributed by atoms with van der Waals surface area (Å²) in [7, 11) is 0. The van der Waals surface area contributed by atoms with Gasteiger partial charge in [-0.05, 0) is 30.4 Å². The van der Waals surface area contributed by atoms with Crippen LogP contribution in [0.4, 0.5) is 0 Å². The van der Waals surface area contributed by atoms with Crippen molar-refractivity contribution in [2.24, 2.45) is 5.73 Å². The molecular weight excluding hydrogens is 158 g/mol. The van der Waals surface area contributed by atoms with Gasteiger partial charge in [0.05, 0.1) is 6.61 Å². The zero-order chi connectivity index (χ0) is 8.27. The van der Waals surface area contributed by atoms with Crippen LogP contribution in [-0.4, -0.2) is 17.8 Å². The summed E-state index contributed by atoms with van der Waals surface area (Å²) in [6.07, 6.45) is 0.779. The lowest BCUT2D eigenvalue weighted by molar-refractivity contribution is 0.265. The maximum absolute atomic E-state index is 8.68. The van der Waals surface area contributed by atoms with Crippen molar-refractivity contribution >= 4 is 11.3 Å². The molecule has 0 saturated carbocycles. The predicted octanol–water partition coefficient (Wildman–Crippen LogP) is 0.919. The zero-order valence-electron chi connectivity index (χ0n) is 6.58. The van der Waals surface area contributed by atoms with E-state index < -0.39 is 0 Å². The number of rotatable bonds is 3. The average molecular weight is 171 g/mol. The van der Waals surface area contributed by atoms with Crippen LogP contribution in [-0.2, 0) is 6.42 Å². The van der Waals surface area contributed by atoms with E-state index in [1.54, 1.807) is 11.3 Å². The van der Waals surface area contributed by atoms with Crippen LogP contribution in [0, 0.1) is 6.92 Å². The van der Waals surface area contributed by atoms with Crippen molar-refractivity contribution in [2.45, 2.75) is 19.4 Å². The van der Waals surface area contributed by atoms with E-state index in [1.807, 2.05) is 0 Å². The fourth-order valence-corrected chi connectivity index (χ4v) is 1.69. The van der Waals surface area contributed by atoms with Gasteiger partial charge >= 0.3 is 0 Å². The molecule has 3 heteroatoms. The first-order chi connectivity index (χ1) is 5.22. The maximum Gasteiger partial charge on any atom is 0.0585 e. The monoisotopic (exact) mass is 171 g/mol. The van der Waals surface area contributed by atoms with Gasteiger partial charge in [-0.25, -0.2) is 0 Å². The number of thiophene rings is 1. The van der Waals surface area contributed by atoms with Gasteiger partial charge in [0, 0.05) is 10.9 Å². The van der Waals surface area contributed by atoms with Crippen LogP contribution in [0.2, 0.25) is 0 Å². The fraction of sp³-hybridized carbons (Fsp3) is 0.500. The van der Waals surface area contributed by atoms with Crippen molar-refractivity contribution < 1.29 is 5.11 Å². The van der Waals surface area contributed by atoms with Gasteiger partial charge < -0.3 is 10.8 Å². The molecule has 1 aromatic heterocycles. The summed E-state index contributed by atoms with van der Waals surface area (Å²) in [5.41, 5.74) is 6.80. The average Bonchev–Trinajstić information content (AvgIpc) is 2.35. The van der Waals surface area contributed by atoms with Crippen LogP contribution < -0.4 is 5.73 Å². The normalized spacial score (nSPS) is 13.4. The highest BCUT2D eigenvalue weighted by Crippen LogP contribution is 2.13. The van der Waals surface area contributed by atoms with Crippen LogP contribution in [0.3, 0.4) is 0 Å². The molecule has 0 aliphatic rings. The lowest BCUT2D eigenvalue weighted by Crippen LogP contribution is -2.26. The molecule has 1 aromatic rings. The molecule has 0 radical (unpaired) electrons. The second-order valence-electron chi connectivity index (χ2n) is 2.71. The van der Waals surface area contributed by atoms with Gasteiger partial charge in [0.25, 0.3) is 0 Å². The third-order valence-electron chi connectivity index (χ3n) is 1.52. The SMILES string of the molecule is Cc1cc(CC(N)CO)cs1. The Morgan fingerprint density at radius 1 is 1.73 bits per heavy atom. The largest absolute Gasteiger partial charge is 0.395 e. The standard InChI is InChI=1S/C8H13NOS/c1-6-2-7(5-11-6)3-8(9)4-10/h2,5,8,10H,3-4,9H2,1H3. The summed E-state index contributed by atoms with van der Waals surface area (Å²) < 4.78 is 0. The highest BCUT2D eigenvalue weighted by molar-refractivity contribution is 7.10. The van der Waals surface area contributed by atoms with Crippen molar-refractivity contribution in [1.29, 1.82) is 0 Å². The summed E-state index contributed by atoms with van der Waals surface area (Å²) in [5.74, 6) is 0. The molecule has 2 nitrogen and oxygen atoms in total.